The van der Waals surface area contributed by atoms with Crippen molar-refractivity contribution in [2.24, 2.45) is 17.3 Å². The van der Waals surface area contributed by atoms with Gasteiger partial charge in [0.1, 0.15) is 0 Å². The molecule has 0 unspecified atom stereocenters. The van der Waals surface area contributed by atoms with Crippen molar-refractivity contribution in [1.29, 1.82) is 0 Å². The van der Waals surface area contributed by atoms with Gasteiger partial charge in [0.2, 0.25) is 11.8 Å². The Kier molecular flexibility index (Phi) is 9.81. The van der Waals surface area contributed by atoms with E-state index in [4.69, 9.17) is 11.6 Å². The van der Waals surface area contributed by atoms with Crippen molar-refractivity contribution in [2.75, 3.05) is 57.3 Å². The molecule has 2 aliphatic carbocycles. The monoisotopic (exact) mass is 625 g/mol. The molecule has 5 aliphatic rings. The minimum Gasteiger partial charge on any atom is -0.340 e. The number of hydrogen-bond acceptors (Lipinski definition) is 5. The molecule has 10 heteroatoms. The number of rotatable bonds is 6. The van der Waals surface area contributed by atoms with E-state index < -0.39 is 6.03 Å². The SMILES string of the molecule is O=C1CCN(c2cc(C(=O)N3CCC4(CCC(CCN5CCN(C(=O)C6CCCCC6)CC5)CC4)CC3)ccc2Cl)C(=O)N1. The van der Waals surface area contributed by atoms with Gasteiger partial charge in [0.25, 0.3) is 5.91 Å². The highest BCUT2D eigenvalue weighted by Gasteiger charge is 2.39. The summed E-state index contributed by atoms with van der Waals surface area (Å²) in [5, 5.41) is 2.70. The lowest BCUT2D eigenvalue weighted by molar-refractivity contribution is -0.138. The molecule has 3 heterocycles. The molecule has 6 rings (SSSR count). The molecular weight excluding hydrogens is 578 g/mol. The zero-order chi connectivity index (χ0) is 30.7. The number of carbonyl (C=O) groups excluding carboxylic acids is 4. The van der Waals surface area contributed by atoms with Gasteiger partial charge in [0.05, 0.1) is 10.7 Å². The Hall–Kier alpha value is -2.65. The van der Waals surface area contributed by atoms with Gasteiger partial charge in [-0.25, -0.2) is 4.79 Å². The lowest BCUT2D eigenvalue weighted by Gasteiger charge is -2.46. The highest BCUT2D eigenvalue weighted by Crippen LogP contribution is 2.47. The molecule has 3 aliphatic heterocycles. The smallest absolute Gasteiger partial charge is 0.328 e. The number of urea groups is 1. The Morgan fingerprint density at radius 1 is 0.841 bits per heavy atom. The van der Waals surface area contributed by atoms with Crippen LogP contribution < -0.4 is 10.2 Å². The van der Waals surface area contributed by atoms with Crippen LogP contribution in [-0.4, -0.2) is 90.8 Å². The molecule has 9 nitrogen and oxygen atoms in total. The van der Waals surface area contributed by atoms with Crippen molar-refractivity contribution in [1.82, 2.24) is 20.0 Å². The van der Waals surface area contributed by atoms with E-state index in [1.54, 1.807) is 18.2 Å². The summed E-state index contributed by atoms with van der Waals surface area (Å²) in [6, 6.07) is 4.57. The lowest BCUT2D eigenvalue weighted by atomic mass is 9.65. The quantitative estimate of drug-likeness (QED) is 0.462. The maximum absolute atomic E-state index is 13.5. The standard InChI is InChI=1S/C34H48ClN5O4/c35-28-7-6-27(24-29(28)40-17-11-30(41)36-33(40)44)32(43)38-18-14-34(15-19-38)12-8-25(9-13-34)10-16-37-20-22-39(23-21-37)31(42)26-4-2-1-3-5-26/h6-7,24-26H,1-5,8-23H2,(H,36,41,44). The van der Waals surface area contributed by atoms with Gasteiger partial charge in [-0.2, -0.15) is 0 Å². The number of halogens is 1. The van der Waals surface area contributed by atoms with Crippen molar-refractivity contribution in [3.05, 3.63) is 28.8 Å². The molecule has 0 atom stereocenters. The number of amides is 5. The minimum atomic E-state index is -0.507. The van der Waals surface area contributed by atoms with Crippen molar-refractivity contribution in [2.45, 2.75) is 83.5 Å². The third-order valence-corrected chi connectivity index (χ3v) is 11.6. The van der Waals surface area contributed by atoms with Crippen LogP contribution in [0.5, 0.6) is 0 Å². The van der Waals surface area contributed by atoms with Gasteiger partial charge in [-0.3, -0.25) is 29.5 Å². The summed E-state index contributed by atoms with van der Waals surface area (Å²) in [5.74, 6) is 1.14. The number of anilines is 1. The molecule has 0 radical (unpaired) electrons. The predicted molar refractivity (Wildman–Crippen MR) is 171 cm³/mol. The predicted octanol–water partition coefficient (Wildman–Crippen LogP) is 5.31. The molecule has 44 heavy (non-hydrogen) atoms. The van der Waals surface area contributed by atoms with E-state index in [2.05, 4.69) is 15.1 Å². The second-order valence-electron chi connectivity index (χ2n) is 13.9. The normalized spacial score (nSPS) is 24.1. The van der Waals surface area contributed by atoms with Gasteiger partial charge in [-0.15, -0.1) is 0 Å². The molecule has 1 aromatic rings. The van der Waals surface area contributed by atoms with E-state index in [1.165, 1.54) is 56.3 Å². The first-order valence-electron chi connectivity index (χ1n) is 17.0. The van der Waals surface area contributed by atoms with E-state index in [1.807, 2.05) is 4.90 Å². The van der Waals surface area contributed by atoms with E-state index in [9.17, 15) is 19.2 Å². The molecule has 240 valence electrons. The highest BCUT2D eigenvalue weighted by molar-refractivity contribution is 6.34. The van der Waals surface area contributed by atoms with Gasteiger partial charge >= 0.3 is 6.03 Å². The number of nitrogens with one attached hydrogen (secondary N) is 1. The topological polar surface area (TPSA) is 93.3 Å². The molecule has 1 spiro atoms. The second-order valence-corrected chi connectivity index (χ2v) is 14.4. The van der Waals surface area contributed by atoms with Crippen molar-refractivity contribution in [3.8, 4) is 0 Å². The Bertz CT molecular complexity index is 1220. The average Bonchev–Trinajstić information content (AvgIpc) is 3.05. The number of imide groups is 1. The van der Waals surface area contributed by atoms with Crippen LogP contribution in [0, 0.1) is 17.3 Å². The number of piperazine rings is 1. The van der Waals surface area contributed by atoms with Gasteiger partial charge in [-0.05, 0) is 93.9 Å². The fourth-order valence-electron chi connectivity index (χ4n) is 8.26. The number of benzene rings is 1. The summed E-state index contributed by atoms with van der Waals surface area (Å²) in [5.41, 5.74) is 1.33. The van der Waals surface area contributed by atoms with Crippen molar-refractivity contribution < 1.29 is 19.2 Å². The molecule has 0 aromatic heterocycles. The third-order valence-electron chi connectivity index (χ3n) is 11.3. The largest absolute Gasteiger partial charge is 0.340 e. The molecule has 2 saturated carbocycles. The Morgan fingerprint density at radius 3 is 2.23 bits per heavy atom. The van der Waals surface area contributed by atoms with Crippen LogP contribution in [-0.2, 0) is 9.59 Å². The van der Waals surface area contributed by atoms with Crippen LogP contribution in [0.25, 0.3) is 0 Å². The minimum absolute atomic E-state index is 0.0273. The van der Waals surface area contributed by atoms with Crippen LogP contribution in [0.2, 0.25) is 5.02 Å². The first kappa shape index (κ1) is 31.3. The number of hydrogen-bond donors (Lipinski definition) is 1. The Balaban J connectivity index is 0.927. The van der Waals surface area contributed by atoms with Crippen LogP contribution in [0.15, 0.2) is 18.2 Å². The summed E-state index contributed by atoms with van der Waals surface area (Å²) in [6.07, 6.45) is 14.5. The van der Waals surface area contributed by atoms with Gasteiger partial charge in [0.15, 0.2) is 0 Å². The molecule has 5 fully saturated rings. The van der Waals surface area contributed by atoms with Gasteiger partial charge in [-0.1, -0.05) is 30.9 Å². The van der Waals surface area contributed by atoms with E-state index in [0.717, 1.165) is 77.4 Å². The maximum Gasteiger partial charge on any atom is 0.328 e. The number of piperidine rings is 1. The molecule has 3 saturated heterocycles. The molecule has 5 amide bonds. The zero-order valence-electron chi connectivity index (χ0n) is 26.0. The fourth-order valence-corrected chi connectivity index (χ4v) is 8.48. The van der Waals surface area contributed by atoms with Crippen LogP contribution >= 0.6 is 11.6 Å². The maximum atomic E-state index is 13.5. The van der Waals surface area contributed by atoms with E-state index >= 15 is 0 Å². The Labute approximate surface area is 266 Å². The first-order valence-corrected chi connectivity index (χ1v) is 17.4. The molecule has 0 bridgehead atoms. The number of likely N-dealkylation sites (tertiary alicyclic amines) is 1. The zero-order valence-corrected chi connectivity index (χ0v) is 26.8. The highest BCUT2D eigenvalue weighted by atomic mass is 35.5. The molecule has 1 aromatic carbocycles. The van der Waals surface area contributed by atoms with Crippen LogP contribution in [0.3, 0.4) is 0 Å². The lowest BCUT2D eigenvalue weighted by Crippen LogP contribution is -2.50. The summed E-state index contributed by atoms with van der Waals surface area (Å²) in [7, 11) is 0. The summed E-state index contributed by atoms with van der Waals surface area (Å²) >= 11 is 6.39. The van der Waals surface area contributed by atoms with E-state index in [-0.39, 0.29) is 30.7 Å². The van der Waals surface area contributed by atoms with Gasteiger partial charge in [0, 0.05) is 63.7 Å². The van der Waals surface area contributed by atoms with Crippen LogP contribution in [0.4, 0.5) is 10.5 Å². The Morgan fingerprint density at radius 2 is 1.55 bits per heavy atom. The van der Waals surface area contributed by atoms with Gasteiger partial charge < -0.3 is 9.80 Å². The second kappa shape index (κ2) is 13.8. The summed E-state index contributed by atoms with van der Waals surface area (Å²) < 4.78 is 0. The average molecular weight is 626 g/mol. The molecule has 1 N–H and O–H groups in total. The third kappa shape index (κ3) is 7.09. The number of carbonyl (C=O) groups is 4. The first-order chi connectivity index (χ1) is 21.3. The fraction of sp³-hybridized carbons (Fsp3) is 0.706. The summed E-state index contributed by atoms with van der Waals surface area (Å²) in [6.45, 7) is 6.71. The number of nitrogens with zero attached hydrogens (tertiary/aromatic N) is 4. The van der Waals surface area contributed by atoms with Crippen molar-refractivity contribution >= 4 is 41.0 Å². The summed E-state index contributed by atoms with van der Waals surface area (Å²) in [4.78, 5) is 58.4. The molecular formula is C34H48ClN5O4. The van der Waals surface area contributed by atoms with Crippen molar-refractivity contribution in [3.63, 3.8) is 0 Å². The van der Waals surface area contributed by atoms with Crippen LogP contribution in [0.1, 0.15) is 93.8 Å². The van der Waals surface area contributed by atoms with E-state index in [0.29, 0.717) is 27.6 Å².